The molecule has 0 aliphatic heterocycles. The van der Waals surface area contributed by atoms with Gasteiger partial charge >= 0.3 is 55.0 Å². The topological polar surface area (TPSA) is 217 Å². The standard InChI is InChI=1S/2C20H17NO4.3O.2V/c2*22-15-8-5-13(6-9-15)11-18(20(24)25)21-12-17-16-4-2-1-3-14(16)7-10-19(17)23;;;;;/h2*1-10,12,18,21-22H,11H2,(H,24,25);;;;;/b2*17-12-;;;;;/t2*18-;;;;;/m00...../s1. The van der Waals surface area contributed by atoms with E-state index >= 15 is 0 Å². The van der Waals surface area contributed by atoms with Crippen LogP contribution in [-0.4, -0.2) is 56.0 Å². The molecule has 13 nitrogen and oxygen atoms in total. The number of aliphatic carboxylic acids is 2. The number of ketones is 2. The van der Waals surface area contributed by atoms with E-state index in [-0.39, 0.29) is 35.9 Å². The van der Waals surface area contributed by atoms with E-state index in [1.807, 2.05) is 48.5 Å². The van der Waals surface area contributed by atoms with Crippen molar-refractivity contribution in [3.05, 3.63) is 155 Å². The monoisotopic (exact) mass is 820 g/mol. The number of carbonyl (C=O) groups excluding carboxylic acids is 2. The van der Waals surface area contributed by atoms with Gasteiger partial charge in [-0.25, -0.2) is 9.59 Å². The molecule has 280 valence electrons. The van der Waals surface area contributed by atoms with E-state index in [0.717, 1.165) is 33.4 Å². The number of rotatable bonds is 12. The van der Waals surface area contributed by atoms with Gasteiger partial charge in [0.1, 0.15) is 23.6 Å². The maximum atomic E-state index is 12.2. The number of aromatic hydroxyl groups is 2. The molecule has 0 unspecified atom stereocenters. The molecule has 2 atom stereocenters. The zero-order valence-electron chi connectivity index (χ0n) is 28.8. The minimum absolute atomic E-state index is 0.127. The number of phenols is 2. The van der Waals surface area contributed by atoms with Gasteiger partial charge in [0.25, 0.3) is 0 Å². The van der Waals surface area contributed by atoms with Crippen LogP contribution in [0.25, 0.3) is 23.3 Å². The molecule has 0 aromatic heterocycles. The van der Waals surface area contributed by atoms with Crippen LogP contribution in [-0.2, 0) is 75.1 Å². The molecule has 2 aliphatic rings. The van der Waals surface area contributed by atoms with Gasteiger partial charge in [-0.2, -0.15) is 0 Å². The third-order valence-corrected chi connectivity index (χ3v) is 9.20. The van der Waals surface area contributed by atoms with Crippen LogP contribution >= 0.6 is 0 Å². The van der Waals surface area contributed by atoms with Crippen molar-refractivity contribution in [3.8, 4) is 11.5 Å². The average Bonchev–Trinajstić information content (AvgIpc) is 3.18. The SMILES string of the molecule is O=C1C=Cc2ccccc2/C1=C/N[C@@H](Cc1ccc(O)cc1)C(=O)O.O=C1C=Cc2ccccc2/C1=C/N[C@@H](Cc1ccc(O)cc1)C(=O)O.[O]=[V][O][V]=[O]. The Labute approximate surface area is 330 Å². The van der Waals surface area contributed by atoms with E-state index in [9.17, 15) is 47.0 Å². The fourth-order valence-corrected chi connectivity index (χ4v) is 5.62. The van der Waals surface area contributed by atoms with Crippen LogP contribution in [0.1, 0.15) is 33.4 Å². The van der Waals surface area contributed by atoms with Gasteiger partial charge in [0.2, 0.25) is 0 Å². The molecule has 55 heavy (non-hydrogen) atoms. The molecule has 6 N–H and O–H groups in total. The van der Waals surface area contributed by atoms with Gasteiger partial charge in [-0.1, -0.05) is 84.9 Å². The van der Waals surface area contributed by atoms with E-state index < -0.39 is 57.2 Å². The molecule has 0 saturated carbocycles. The van der Waals surface area contributed by atoms with E-state index in [1.165, 1.54) is 48.8 Å². The molecule has 0 radical (unpaired) electrons. The van der Waals surface area contributed by atoms with Crippen LogP contribution in [0, 0.1) is 0 Å². The summed E-state index contributed by atoms with van der Waals surface area (Å²) >= 11 is -2.61. The first kappa shape index (κ1) is 41.8. The molecule has 4 aromatic carbocycles. The van der Waals surface area contributed by atoms with E-state index in [2.05, 4.69) is 13.2 Å². The predicted octanol–water partition coefficient (Wildman–Crippen LogP) is 4.92. The zero-order chi connectivity index (χ0) is 39.7. The Balaban J connectivity index is 0.000000218. The van der Waals surface area contributed by atoms with Crippen LogP contribution in [0.3, 0.4) is 0 Å². The number of carboxylic acids is 2. The molecule has 0 fully saturated rings. The van der Waals surface area contributed by atoms with Gasteiger partial charge in [-0.15, -0.1) is 0 Å². The van der Waals surface area contributed by atoms with Gasteiger partial charge in [0, 0.05) is 36.4 Å². The van der Waals surface area contributed by atoms with E-state index in [1.54, 1.807) is 36.4 Å². The van der Waals surface area contributed by atoms with Gasteiger partial charge in [-0.05, 0) is 69.8 Å². The summed E-state index contributed by atoms with van der Waals surface area (Å²) in [6.45, 7) is 0. The van der Waals surface area contributed by atoms with Gasteiger partial charge in [0.15, 0.2) is 11.6 Å². The Bertz CT molecular complexity index is 2010. The second kappa shape index (κ2) is 21.1. The van der Waals surface area contributed by atoms with Gasteiger partial charge in [-0.3, -0.25) is 9.59 Å². The van der Waals surface area contributed by atoms with Gasteiger partial charge in [0.05, 0.1) is 0 Å². The molecule has 0 bridgehead atoms. The molecule has 0 heterocycles. The summed E-state index contributed by atoms with van der Waals surface area (Å²) in [5.74, 6) is -2.11. The maximum absolute atomic E-state index is 12.2. The number of phenolic OH excluding ortho intramolecular Hbond substituents is 2. The Morgan fingerprint density at radius 1 is 0.582 bits per heavy atom. The van der Waals surface area contributed by atoms with Crippen molar-refractivity contribution in [2.45, 2.75) is 24.9 Å². The second-order valence-electron chi connectivity index (χ2n) is 11.8. The summed E-state index contributed by atoms with van der Waals surface area (Å²) in [6, 6.07) is 25.9. The molecule has 0 saturated heterocycles. The Hall–Kier alpha value is -5.95. The first-order valence-corrected chi connectivity index (χ1v) is 18.7. The second-order valence-corrected chi connectivity index (χ2v) is 13.5. The number of fused-ring (bicyclic) bond motifs is 2. The first-order chi connectivity index (χ1) is 26.5. The fraction of sp³-hybridized carbons (Fsp3) is 0.100. The third kappa shape index (κ3) is 12.6. The molecule has 2 aliphatic carbocycles. The molecular formula is C40H34N2O11V2. The number of allylic oxidation sites excluding steroid dienone is 4. The number of hydrogen-bond acceptors (Lipinski definition) is 11. The predicted molar refractivity (Wildman–Crippen MR) is 192 cm³/mol. The van der Waals surface area contributed by atoms with Crippen LogP contribution in [0.4, 0.5) is 0 Å². The first-order valence-electron chi connectivity index (χ1n) is 16.4. The summed E-state index contributed by atoms with van der Waals surface area (Å²) in [6.07, 6.45) is 9.86. The molecule has 15 heteroatoms. The third-order valence-electron chi connectivity index (χ3n) is 8.13. The molecule has 0 spiro atoms. The number of nitrogens with one attached hydrogen (secondary N) is 2. The molecular weight excluding hydrogens is 786 g/mol. The van der Waals surface area contributed by atoms with Gasteiger partial charge < -0.3 is 31.1 Å². The van der Waals surface area contributed by atoms with Crippen molar-refractivity contribution in [3.63, 3.8) is 0 Å². The average molecular weight is 821 g/mol. The Morgan fingerprint density at radius 2 is 0.945 bits per heavy atom. The van der Waals surface area contributed by atoms with Crippen LogP contribution < -0.4 is 10.6 Å². The number of carbonyl (C=O) groups is 4. The summed E-state index contributed by atoms with van der Waals surface area (Å²) in [7, 11) is 0. The van der Waals surface area contributed by atoms with Crippen molar-refractivity contribution in [1.82, 2.24) is 10.6 Å². The summed E-state index contributed by atoms with van der Waals surface area (Å²) in [4.78, 5) is 47.4. The Kier molecular flexibility index (Phi) is 16.0. The molecule has 6 rings (SSSR count). The fourth-order valence-electron chi connectivity index (χ4n) is 5.40. The van der Waals surface area contributed by atoms with Crippen LogP contribution in [0.5, 0.6) is 11.5 Å². The van der Waals surface area contributed by atoms with Crippen molar-refractivity contribution in [2.75, 3.05) is 0 Å². The summed E-state index contributed by atoms with van der Waals surface area (Å²) in [5, 5.41) is 43.2. The van der Waals surface area contributed by atoms with Crippen molar-refractivity contribution in [2.24, 2.45) is 0 Å². The number of carboxylic acid groups (broad SMARTS) is 2. The van der Waals surface area contributed by atoms with E-state index in [4.69, 9.17) is 0 Å². The van der Waals surface area contributed by atoms with Crippen LogP contribution in [0.15, 0.2) is 122 Å². The molecule has 0 amide bonds. The summed E-state index contributed by atoms with van der Waals surface area (Å²) < 4.78 is 22.4. The van der Waals surface area contributed by atoms with Crippen molar-refractivity contribution in [1.29, 1.82) is 0 Å². The van der Waals surface area contributed by atoms with Crippen molar-refractivity contribution >= 4 is 46.8 Å². The Morgan fingerprint density at radius 3 is 1.27 bits per heavy atom. The van der Waals surface area contributed by atoms with E-state index in [0.29, 0.717) is 11.1 Å². The minimum atomic E-state index is -1.30. The van der Waals surface area contributed by atoms with Crippen molar-refractivity contribution < 1.29 is 82.7 Å². The number of hydrogen-bond donors (Lipinski definition) is 6. The number of benzene rings is 4. The quantitative estimate of drug-likeness (QED) is 0.105. The molecule has 4 aromatic rings. The van der Waals surface area contributed by atoms with Crippen LogP contribution in [0.2, 0.25) is 0 Å². The summed E-state index contributed by atoms with van der Waals surface area (Å²) in [5.41, 5.74) is 5.80. The normalized spacial score (nSPS) is 14.8. The zero-order valence-corrected chi connectivity index (χ0v) is 31.6.